The fraction of sp³-hybridized carbons (Fsp3) is 0.500. The molecule has 0 saturated heterocycles. The van der Waals surface area contributed by atoms with Gasteiger partial charge in [0.15, 0.2) is 0 Å². The van der Waals surface area contributed by atoms with Gasteiger partial charge in [0.2, 0.25) is 21.8 Å². The fourth-order valence-corrected chi connectivity index (χ4v) is 5.49. The third-order valence-electron chi connectivity index (χ3n) is 6.36. The van der Waals surface area contributed by atoms with Gasteiger partial charge in [0.05, 0.1) is 11.9 Å². The second-order valence-corrected chi connectivity index (χ2v) is 12.8. The second-order valence-electron chi connectivity index (χ2n) is 10.0. The standard InChI is InChI=1S/C28H39Cl2N3O4S/c1-7-26(28(35)31-17-19(2)3)32(18-22-11-12-23(29)16-25(22)30)27(34)9-8-14-33(38(6,36)37)24-13-10-20(4)21(5)15-24/h10-13,15-16,19,26H,7-9,14,17-18H2,1-6H3,(H,31,35)/t26-/m1/s1. The molecule has 0 saturated carbocycles. The van der Waals surface area contributed by atoms with Crippen molar-refractivity contribution in [3.05, 3.63) is 63.1 Å². The number of hydrogen-bond acceptors (Lipinski definition) is 4. The molecule has 0 unspecified atom stereocenters. The van der Waals surface area contributed by atoms with Crippen LogP contribution in [-0.2, 0) is 26.2 Å². The lowest BCUT2D eigenvalue weighted by Gasteiger charge is -2.31. The minimum atomic E-state index is -3.56. The zero-order chi connectivity index (χ0) is 28.6. The molecule has 0 aliphatic heterocycles. The number of anilines is 1. The molecule has 0 heterocycles. The van der Waals surface area contributed by atoms with E-state index in [2.05, 4.69) is 5.32 Å². The Morgan fingerprint density at radius 1 is 1.03 bits per heavy atom. The Kier molecular flexibility index (Phi) is 11.9. The minimum Gasteiger partial charge on any atom is -0.354 e. The number of nitrogens with zero attached hydrogens (tertiary/aromatic N) is 2. The van der Waals surface area contributed by atoms with Crippen molar-refractivity contribution in [2.24, 2.45) is 5.92 Å². The van der Waals surface area contributed by atoms with E-state index in [4.69, 9.17) is 23.2 Å². The van der Waals surface area contributed by atoms with E-state index >= 15 is 0 Å². The zero-order valence-corrected chi connectivity index (χ0v) is 25.4. The van der Waals surface area contributed by atoms with Crippen LogP contribution in [0.5, 0.6) is 0 Å². The molecule has 10 heteroatoms. The lowest BCUT2D eigenvalue weighted by atomic mass is 10.1. The quantitative estimate of drug-likeness (QED) is 0.326. The van der Waals surface area contributed by atoms with Gasteiger partial charge in [-0.3, -0.25) is 13.9 Å². The molecule has 2 rings (SSSR count). The molecule has 0 aliphatic rings. The number of sulfonamides is 1. The van der Waals surface area contributed by atoms with Crippen molar-refractivity contribution in [3.8, 4) is 0 Å². The van der Waals surface area contributed by atoms with Crippen molar-refractivity contribution in [1.29, 1.82) is 0 Å². The maximum absolute atomic E-state index is 13.5. The van der Waals surface area contributed by atoms with Gasteiger partial charge in [0, 0.05) is 36.1 Å². The van der Waals surface area contributed by atoms with Crippen LogP contribution >= 0.6 is 23.2 Å². The second kappa shape index (κ2) is 14.2. The zero-order valence-electron chi connectivity index (χ0n) is 23.1. The topological polar surface area (TPSA) is 86.8 Å². The number of carbonyl (C=O) groups is 2. The third-order valence-corrected chi connectivity index (χ3v) is 8.14. The molecule has 210 valence electrons. The summed E-state index contributed by atoms with van der Waals surface area (Å²) in [6.07, 6.45) is 1.92. The molecule has 2 aromatic carbocycles. The minimum absolute atomic E-state index is 0.0655. The summed E-state index contributed by atoms with van der Waals surface area (Å²) in [4.78, 5) is 28.1. The lowest BCUT2D eigenvalue weighted by Crippen LogP contribution is -2.49. The van der Waals surface area contributed by atoms with Gasteiger partial charge in [-0.05, 0) is 73.6 Å². The summed E-state index contributed by atoms with van der Waals surface area (Å²) < 4.78 is 26.5. The van der Waals surface area contributed by atoms with E-state index in [1.54, 1.807) is 24.3 Å². The summed E-state index contributed by atoms with van der Waals surface area (Å²) in [5, 5.41) is 3.81. The van der Waals surface area contributed by atoms with Crippen molar-refractivity contribution in [2.75, 3.05) is 23.7 Å². The van der Waals surface area contributed by atoms with E-state index in [0.717, 1.165) is 17.4 Å². The largest absolute Gasteiger partial charge is 0.354 e. The highest BCUT2D eigenvalue weighted by Crippen LogP contribution is 2.25. The summed E-state index contributed by atoms with van der Waals surface area (Å²) in [6, 6.07) is 9.83. The number of benzene rings is 2. The van der Waals surface area contributed by atoms with Gasteiger partial charge in [-0.15, -0.1) is 0 Å². The number of hydrogen-bond donors (Lipinski definition) is 1. The van der Waals surface area contributed by atoms with Gasteiger partial charge in [-0.1, -0.05) is 56.1 Å². The van der Waals surface area contributed by atoms with E-state index in [1.165, 1.54) is 9.21 Å². The molecule has 2 aromatic rings. The average molecular weight is 585 g/mol. The van der Waals surface area contributed by atoms with E-state index in [0.29, 0.717) is 34.3 Å². The maximum atomic E-state index is 13.5. The summed E-state index contributed by atoms with van der Waals surface area (Å²) in [7, 11) is -3.56. The highest BCUT2D eigenvalue weighted by molar-refractivity contribution is 7.92. The Morgan fingerprint density at radius 2 is 1.71 bits per heavy atom. The van der Waals surface area contributed by atoms with Gasteiger partial charge in [-0.2, -0.15) is 0 Å². The first-order valence-corrected chi connectivity index (χ1v) is 15.4. The Hall–Kier alpha value is -2.29. The Bertz CT molecular complexity index is 1230. The van der Waals surface area contributed by atoms with Crippen molar-refractivity contribution in [1.82, 2.24) is 10.2 Å². The number of nitrogens with one attached hydrogen (secondary N) is 1. The van der Waals surface area contributed by atoms with Crippen LogP contribution < -0.4 is 9.62 Å². The molecule has 0 fully saturated rings. The van der Waals surface area contributed by atoms with Crippen LogP contribution in [0.2, 0.25) is 10.0 Å². The number of rotatable bonds is 13. The van der Waals surface area contributed by atoms with Gasteiger partial charge >= 0.3 is 0 Å². The maximum Gasteiger partial charge on any atom is 0.242 e. The average Bonchev–Trinajstić information content (AvgIpc) is 2.82. The Labute approximate surface area is 237 Å². The third kappa shape index (κ3) is 9.17. The first-order valence-electron chi connectivity index (χ1n) is 12.8. The van der Waals surface area contributed by atoms with Crippen molar-refractivity contribution in [3.63, 3.8) is 0 Å². The summed E-state index contributed by atoms with van der Waals surface area (Å²) in [6.45, 7) is 10.5. The monoisotopic (exact) mass is 583 g/mol. The molecule has 1 atom stereocenters. The summed E-state index contributed by atoms with van der Waals surface area (Å²) >= 11 is 12.4. The first kappa shape index (κ1) is 31.9. The summed E-state index contributed by atoms with van der Waals surface area (Å²) in [5.74, 6) is -0.220. The van der Waals surface area contributed by atoms with E-state index in [-0.39, 0.29) is 43.7 Å². The molecule has 0 aromatic heterocycles. The van der Waals surface area contributed by atoms with E-state index in [1.807, 2.05) is 46.8 Å². The fourth-order valence-electron chi connectivity index (χ4n) is 4.06. The van der Waals surface area contributed by atoms with Crippen LogP contribution in [-0.4, -0.2) is 50.5 Å². The van der Waals surface area contributed by atoms with Gasteiger partial charge in [0.25, 0.3) is 0 Å². The predicted molar refractivity (Wildman–Crippen MR) is 156 cm³/mol. The normalized spacial score (nSPS) is 12.3. The first-order chi connectivity index (χ1) is 17.7. The molecule has 1 N–H and O–H groups in total. The van der Waals surface area contributed by atoms with Crippen LogP contribution in [0.25, 0.3) is 0 Å². The van der Waals surface area contributed by atoms with Crippen LogP contribution in [0.4, 0.5) is 5.69 Å². The van der Waals surface area contributed by atoms with Crippen LogP contribution in [0.3, 0.4) is 0 Å². The molecule has 0 radical (unpaired) electrons. The molecule has 0 bridgehead atoms. The van der Waals surface area contributed by atoms with Crippen LogP contribution in [0.1, 0.15) is 56.7 Å². The Morgan fingerprint density at radius 3 is 2.26 bits per heavy atom. The van der Waals surface area contributed by atoms with Gasteiger partial charge in [0.1, 0.15) is 6.04 Å². The predicted octanol–water partition coefficient (Wildman–Crippen LogP) is 5.74. The van der Waals surface area contributed by atoms with E-state index in [9.17, 15) is 18.0 Å². The molecule has 2 amide bonds. The van der Waals surface area contributed by atoms with Crippen molar-refractivity contribution in [2.45, 2.75) is 66.5 Å². The highest BCUT2D eigenvalue weighted by Gasteiger charge is 2.29. The SMILES string of the molecule is CC[C@H](C(=O)NCC(C)C)N(Cc1ccc(Cl)cc1Cl)C(=O)CCCN(c1ccc(C)c(C)c1)S(C)(=O)=O. The Balaban J connectivity index is 2.26. The molecular weight excluding hydrogens is 545 g/mol. The molecular formula is C28H39Cl2N3O4S. The molecule has 0 spiro atoms. The van der Waals surface area contributed by atoms with Crippen molar-refractivity contribution >= 4 is 50.7 Å². The smallest absolute Gasteiger partial charge is 0.242 e. The number of halogens is 2. The van der Waals surface area contributed by atoms with Crippen LogP contribution in [0.15, 0.2) is 36.4 Å². The van der Waals surface area contributed by atoms with Gasteiger partial charge < -0.3 is 10.2 Å². The molecule has 7 nitrogen and oxygen atoms in total. The number of aryl methyl sites for hydroxylation is 2. The van der Waals surface area contributed by atoms with Crippen molar-refractivity contribution < 1.29 is 18.0 Å². The molecule has 38 heavy (non-hydrogen) atoms. The number of amides is 2. The molecule has 0 aliphatic carbocycles. The number of carbonyl (C=O) groups excluding carboxylic acids is 2. The lowest BCUT2D eigenvalue weighted by molar-refractivity contribution is -0.141. The highest BCUT2D eigenvalue weighted by atomic mass is 35.5. The van der Waals surface area contributed by atoms with Gasteiger partial charge in [-0.25, -0.2) is 8.42 Å². The summed E-state index contributed by atoms with van der Waals surface area (Å²) in [5.41, 5.74) is 3.28. The van der Waals surface area contributed by atoms with Crippen LogP contribution in [0, 0.1) is 19.8 Å². The van der Waals surface area contributed by atoms with E-state index < -0.39 is 16.1 Å².